The van der Waals surface area contributed by atoms with E-state index in [0.29, 0.717) is 31.4 Å². The summed E-state index contributed by atoms with van der Waals surface area (Å²) in [5.74, 6) is 0.641. The molecule has 0 aromatic rings. The molecular weight excluding hydrogens is 236 g/mol. The van der Waals surface area contributed by atoms with Crippen LogP contribution < -0.4 is 5.32 Å². The molecule has 0 amide bonds. The predicted molar refractivity (Wildman–Crippen MR) is 66.0 cm³/mol. The fraction of sp³-hybridized carbons (Fsp3) is 1.00. The normalized spacial score (nSPS) is 34.7. The van der Waals surface area contributed by atoms with Gasteiger partial charge in [-0.3, -0.25) is 8.78 Å². The van der Waals surface area contributed by atoms with Crippen LogP contribution in [0, 0.1) is 11.3 Å². The van der Waals surface area contributed by atoms with Crippen molar-refractivity contribution in [1.82, 2.24) is 5.32 Å². The first kappa shape index (κ1) is 12.8. The van der Waals surface area contributed by atoms with E-state index in [9.17, 15) is 8.78 Å². The van der Waals surface area contributed by atoms with Crippen LogP contribution in [0.4, 0.5) is 8.78 Å². The second-order valence-corrected chi connectivity index (χ2v) is 6.51. The molecule has 3 aliphatic rings. The summed E-state index contributed by atoms with van der Waals surface area (Å²) in [6.45, 7) is 0.455. The Labute approximate surface area is 107 Å². The Hall–Kier alpha value is -0.220. The first-order chi connectivity index (χ1) is 8.74. The third-order valence-corrected chi connectivity index (χ3v) is 5.21. The van der Waals surface area contributed by atoms with Crippen LogP contribution in [0.3, 0.4) is 0 Å². The zero-order valence-electron chi connectivity index (χ0n) is 10.9. The molecule has 0 bridgehead atoms. The average Bonchev–Trinajstić information content (AvgIpc) is 2.89. The van der Waals surface area contributed by atoms with Crippen molar-refractivity contribution in [3.8, 4) is 0 Å². The minimum absolute atomic E-state index is 0.272. The number of hydrogen-bond donors (Lipinski definition) is 1. The monoisotopic (exact) mass is 259 g/mol. The average molecular weight is 259 g/mol. The summed E-state index contributed by atoms with van der Waals surface area (Å²) < 4.78 is 32.0. The molecular formula is C14H23F2NO. The van der Waals surface area contributed by atoms with E-state index in [0.717, 1.165) is 6.54 Å². The Balaban J connectivity index is 1.73. The van der Waals surface area contributed by atoms with Crippen molar-refractivity contribution in [2.24, 2.45) is 11.3 Å². The van der Waals surface area contributed by atoms with Crippen LogP contribution in [0.15, 0.2) is 0 Å². The second kappa shape index (κ2) is 4.71. The summed E-state index contributed by atoms with van der Waals surface area (Å²) in [6, 6.07) is 0.319. The number of nitrogens with one attached hydrogen (secondary N) is 1. The van der Waals surface area contributed by atoms with Crippen molar-refractivity contribution >= 4 is 0 Å². The highest BCUT2D eigenvalue weighted by molar-refractivity contribution is 5.13. The summed E-state index contributed by atoms with van der Waals surface area (Å²) in [7, 11) is 0. The van der Waals surface area contributed by atoms with Gasteiger partial charge in [0.1, 0.15) is 0 Å². The number of alkyl halides is 2. The third-order valence-electron chi connectivity index (χ3n) is 5.21. The minimum Gasteiger partial charge on any atom is -0.372 e. The standard InChI is InChI=1S/C14H23F2NO/c15-9-13(10-16)7-14(8-13)12(17-5-6-18-14)11-3-1-2-4-11/h11-12,17H,1-10H2. The van der Waals surface area contributed by atoms with Crippen molar-refractivity contribution in [3.05, 3.63) is 0 Å². The zero-order chi connectivity index (χ0) is 12.6. The fourth-order valence-corrected chi connectivity index (χ4v) is 4.40. The molecule has 2 nitrogen and oxygen atoms in total. The van der Waals surface area contributed by atoms with Gasteiger partial charge in [-0.15, -0.1) is 0 Å². The Morgan fingerprint density at radius 2 is 1.78 bits per heavy atom. The maximum absolute atomic E-state index is 13.0. The van der Waals surface area contributed by atoms with Crippen LogP contribution in [0.5, 0.6) is 0 Å². The Kier molecular flexibility index (Phi) is 3.35. The van der Waals surface area contributed by atoms with Crippen molar-refractivity contribution in [2.45, 2.75) is 50.2 Å². The largest absolute Gasteiger partial charge is 0.372 e. The van der Waals surface area contributed by atoms with Crippen LogP contribution in [-0.4, -0.2) is 38.1 Å². The third kappa shape index (κ3) is 1.88. The lowest BCUT2D eigenvalue weighted by molar-refractivity contribution is -0.219. The highest BCUT2D eigenvalue weighted by Crippen LogP contribution is 2.56. The maximum atomic E-state index is 13.0. The summed E-state index contributed by atoms with van der Waals surface area (Å²) in [5.41, 5.74) is -1.01. The Morgan fingerprint density at radius 3 is 2.39 bits per heavy atom. The van der Waals surface area contributed by atoms with Gasteiger partial charge in [0.25, 0.3) is 0 Å². The Bertz CT molecular complexity index is 292. The molecule has 3 rings (SSSR count). The van der Waals surface area contributed by atoms with Gasteiger partial charge in [0.2, 0.25) is 0 Å². The number of hydrogen-bond acceptors (Lipinski definition) is 2. The summed E-state index contributed by atoms with van der Waals surface area (Å²) in [5, 5.41) is 3.57. The predicted octanol–water partition coefficient (Wildman–Crippen LogP) is 2.62. The van der Waals surface area contributed by atoms with Gasteiger partial charge >= 0.3 is 0 Å². The molecule has 0 aromatic heterocycles. The molecule has 1 heterocycles. The van der Waals surface area contributed by atoms with Crippen LogP contribution in [0.25, 0.3) is 0 Å². The first-order valence-electron chi connectivity index (χ1n) is 7.23. The van der Waals surface area contributed by atoms with Crippen LogP contribution in [0.1, 0.15) is 38.5 Å². The number of rotatable bonds is 3. The number of morpholine rings is 1. The van der Waals surface area contributed by atoms with Crippen molar-refractivity contribution in [1.29, 1.82) is 0 Å². The van der Waals surface area contributed by atoms with Gasteiger partial charge in [-0.1, -0.05) is 12.8 Å². The second-order valence-electron chi connectivity index (χ2n) is 6.51. The minimum atomic E-state index is -0.740. The van der Waals surface area contributed by atoms with E-state index < -0.39 is 18.8 Å². The van der Waals surface area contributed by atoms with Crippen LogP contribution in [-0.2, 0) is 4.74 Å². The molecule has 1 saturated heterocycles. The molecule has 2 saturated carbocycles. The molecule has 0 radical (unpaired) electrons. The van der Waals surface area contributed by atoms with Gasteiger partial charge in [-0.05, 0) is 31.6 Å². The molecule has 1 N–H and O–H groups in total. The Morgan fingerprint density at radius 1 is 1.11 bits per heavy atom. The van der Waals surface area contributed by atoms with E-state index >= 15 is 0 Å². The quantitative estimate of drug-likeness (QED) is 0.841. The molecule has 18 heavy (non-hydrogen) atoms. The lowest BCUT2D eigenvalue weighted by Gasteiger charge is -2.60. The van der Waals surface area contributed by atoms with E-state index in [2.05, 4.69) is 5.32 Å². The van der Waals surface area contributed by atoms with Crippen LogP contribution in [0.2, 0.25) is 0 Å². The summed E-state index contributed by atoms with van der Waals surface area (Å²) >= 11 is 0. The highest BCUT2D eigenvalue weighted by atomic mass is 19.1. The van der Waals surface area contributed by atoms with E-state index in [1.807, 2.05) is 0 Å². The van der Waals surface area contributed by atoms with Gasteiger partial charge < -0.3 is 10.1 Å². The van der Waals surface area contributed by atoms with Gasteiger partial charge in [0.15, 0.2) is 0 Å². The van der Waals surface area contributed by atoms with E-state index in [1.54, 1.807) is 0 Å². The van der Waals surface area contributed by atoms with Gasteiger partial charge in [-0.2, -0.15) is 0 Å². The zero-order valence-corrected chi connectivity index (χ0v) is 10.9. The van der Waals surface area contributed by atoms with Crippen molar-refractivity contribution < 1.29 is 13.5 Å². The van der Waals surface area contributed by atoms with Crippen LogP contribution >= 0.6 is 0 Å². The topological polar surface area (TPSA) is 21.3 Å². The van der Waals surface area contributed by atoms with Gasteiger partial charge in [0.05, 0.1) is 25.6 Å². The van der Waals surface area contributed by atoms with Crippen molar-refractivity contribution in [3.63, 3.8) is 0 Å². The fourth-order valence-electron chi connectivity index (χ4n) is 4.40. The molecule has 1 aliphatic heterocycles. The van der Waals surface area contributed by atoms with Gasteiger partial charge in [0, 0.05) is 18.0 Å². The SMILES string of the molecule is FCC1(CF)CC2(C1)OCCNC2C1CCCC1. The molecule has 1 unspecified atom stereocenters. The molecule has 3 fully saturated rings. The van der Waals surface area contributed by atoms with E-state index in [1.165, 1.54) is 25.7 Å². The molecule has 2 aliphatic carbocycles. The smallest absolute Gasteiger partial charge is 0.0977 e. The molecule has 0 aromatic carbocycles. The first-order valence-corrected chi connectivity index (χ1v) is 7.23. The van der Waals surface area contributed by atoms with Crippen molar-refractivity contribution in [2.75, 3.05) is 26.5 Å². The summed E-state index contributed by atoms with van der Waals surface area (Å²) in [6.07, 6.45) is 6.16. The van der Waals surface area contributed by atoms with Gasteiger partial charge in [-0.25, -0.2) is 0 Å². The number of ether oxygens (including phenoxy) is 1. The number of halogens is 2. The highest BCUT2D eigenvalue weighted by Gasteiger charge is 2.61. The molecule has 1 atom stereocenters. The molecule has 104 valence electrons. The maximum Gasteiger partial charge on any atom is 0.0977 e. The molecule has 1 spiro atoms. The van der Waals surface area contributed by atoms with E-state index in [-0.39, 0.29) is 5.60 Å². The lowest BCUT2D eigenvalue weighted by atomic mass is 9.55. The lowest BCUT2D eigenvalue weighted by Crippen LogP contribution is -2.70. The summed E-state index contributed by atoms with van der Waals surface area (Å²) in [4.78, 5) is 0. The van der Waals surface area contributed by atoms with E-state index in [4.69, 9.17) is 4.74 Å². The molecule has 4 heteroatoms.